The minimum Gasteiger partial charge on any atom is -0.351 e. The molecule has 0 aliphatic heterocycles. The Morgan fingerprint density at radius 3 is 2.50 bits per heavy atom. The number of pyridine rings is 1. The van der Waals surface area contributed by atoms with E-state index in [4.69, 9.17) is 11.6 Å². The maximum atomic E-state index is 11.9. The molecule has 0 spiro atoms. The molecule has 2 rings (SSSR count). The number of carbonyl (C=O) groups excluding carboxylic acids is 1. The number of aromatic nitrogens is 1. The predicted octanol–water partition coefficient (Wildman–Crippen LogP) is 2.53. The van der Waals surface area contributed by atoms with Gasteiger partial charge in [0.15, 0.2) is 0 Å². The van der Waals surface area contributed by atoms with Crippen LogP contribution in [0.2, 0.25) is 5.02 Å². The van der Waals surface area contributed by atoms with Gasteiger partial charge in [0.1, 0.15) is 0 Å². The second-order valence-electron chi connectivity index (χ2n) is 5.25. The Bertz CT molecular complexity index is 587. The van der Waals surface area contributed by atoms with Gasteiger partial charge in [0.25, 0.3) is 0 Å². The van der Waals surface area contributed by atoms with Crippen LogP contribution in [0, 0.1) is 0 Å². The number of likely N-dealkylation sites (N-methyl/N-ethyl adjacent to an activating group) is 1. The topological polar surface area (TPSA) is 45.2 Å². The van der Waals surface area contributed by atoms with E-state index in [-0.39, 0.29) is 5.91 Å². The van der Waals surface area contributed by atoms with Crippen LogP contribution in [0.15, 0.2) is 48.8 Å². The zero-order valence-corrected chi connectivity index (χ0v) is 13.4. The van der Waals surface area contributed by atoms with E-state index in [1.807, 2.05) is 48.3 Å². The number of nitrogens with one attached hydrogen (secondary N) is 1. The van der Waals surface area contributed by atoms with Crippen molar-refractivity contribution in [2.24, 2.45) is 0 Å². The van der Waals surface area contributed by atoms with Crippen molar-refractivity contribution in [3.8, 4) is 0 Å². The molecule has 4 nitrogen and oxygen atoms in total. The van der Waals surface area contributed by atoms with E-state index in [1.54, 1.807) is 12.4 Å². The Hall–Kier alpha value is -1.91. The van der Waals surface area contributed by atoms with Crippen LogP contribution < -0.4 is 5.32 Å². The number of nitrogens with zero attached hydrogens (tertiary/aromatic N) is 2. The highest BCUT2D eigenvalue weighted by Crippen LogP contribution is 2.09. The molecule has 0 saturated carbocycles. The standard InChI is InChI=1S/C17H20ClN3O/c1-21(11-8-14-6-9-19-10-7-14)13-17(22)20-12-15-2-4-16(18)5-3-15/h2-7,9-10H,8,11-13H2,1H3,(H,20,22). The number of hydrogen-bond donors (Lipinski definition) is 1. The van der Waals surface area contributed by atoms with E-state index in [1.165, 1.54) is 5.56 Å². The second kappa shape index (κ2) is 8.51. The predicted molar refractivity (Wildman–Crippen MR) is 88.7 cm³/mol. The molecule has 5 heteroatoms. The van der Waals surface area contributed by atoms with Crippen LogP contribution in [-0.2, 0) is 17.8 Å². The van der Waals surface area contributed by atoms with Crippen molar-refractivity contribution in [1.29, 1.82) is 0 Å². The minimum absolute atomic E-state index is 0.0205. The van der Waals surface area contributed by atoms with Crippen molar-refractivity contribution in [2.45, 2.75) is 13.0 Å². The van der Waals surface area contributed by atoms with Gasteiger partial charge in [-0.1, -0.05) is 23.7 Å². The lowest BCUT2D eigenvalue weighted by atomic mass is 10.2. The molecular weight excluding hydrogens is 298 g/mol. The Morgan fingerprint density at radius 1 is 1.14 bits per heavy atom. The summed E-state index contributed by atoms with van der Waals surface area (Å²) in [4.78, 5) is 17.9. The largest absolute Gasteiger partial charge is 0.351 e. The molecule has 0 atom stereocenters. The fourth-order valence-electron chi connectivity index (χ4n) is 2.05. The van der Waals surface area contributed by atoms with Crippen molar-refractivity contribution < 1.29 is 4.79 Å². The van der Waals surface area contributed by atoms with Crippen LogP contribution >= 0.6 is 11.6 Å². The molecule has 1 amide bonds. The Labute approximate surface area is 136 Å². The molecule has 0 radical (unpaired) electrons. The maximum Gasteiger partial charge on any atom is 0.234 e. The molecule has 0 bridgehead atoms. The van der Waals surface area contributed by atoms with Gasteiger partial charge in [-0.15, -0.1) is 0 Å². The molecule has 1 N–H and O–H groups in total. The van der Waals surface area contributed by atoms with E-state index in [0.717, 1.165) is 18.5 Å². The van der Waals surface area contributed by atoms with Crippen LogP contribution in [0.25, 0.3) is 0 Å². The summed E-state index contributed by atoms with van der Waals surface area (Å²) in [5, 5.41) is 3.61. The fourth-order valence-corrected chi connectivity index (χ4v) is 2.18. The van der Waals surface area contributed by atoms with Gasteiger partial charge in [-0.2, -0.15) is 0 Å². The summed E-state index contributed by atoms with van der Waals surface area (Å²) >= 11 is 5.83. The Morgan fingerprint density at radius 2 is 1.82 bits per heavy atom. The second-order valence-corrected chi connectivity index (χ2v) is 5.68. The summed E-state index contributed by atoms with van der Waals surface area (Å²) in [5.41, 5.74) is 2.26. The van der Waals surface area contributed by atoms with E-state index in [9.17, 15) is 4.79 Å². The van der Waals surface area contributed by atoms with E-state index >= 15 is 0 Å². The first-order valence-corrected chi connectivity index (χ1v) is 7.60. The van der Waals surface area contributed by atoms with Crippen LogP contribution in [0.1, 0.15) is 11.1 Å². The number of carbonyl (C=O) groups is 1. The highest BCUT2D eigenvalue weighted by atomic mass is 35.5. The van der Waals surface area contributed by atoms with Gasteiger partial charge < -0.3 is 5.32 Å². The third-order valence-corrected chi connectivity index (χ3v) is 3.60. The number of rotatable bonds is 7. The molecule has 0 unspecified atom stereocenters. The third-order valence-electron chi connectivity index (χ3n) is 3.35. The molecule has 1 aromatic carbocycles. The quantitative estimate of drug-likeness (QED) is 0.853. The minimum atomic E-state index is 0.0205. The van der Waals surface area contributed by atoms with E-state index in [0.29, 0.717) is 18.1 Å². The lowest BCUT2D eigenvalue weighted by Gasteiger charge is -2.16. The molecule has 0 aliphatic rings. The summed E-state index contributed by atoms with van der Waals surface area (Å²) in [6.07, 6.45) is 4.48. The van der Waals surface area contributed by atoms with Gasteiger partial charge >= 0.3 is 0 Å². The zero-order valence-electron chi connectivity index (χ0n) is 12.6. The first-order chi connectivity index (χ1) is 10.6. The van der Waals surface area contributed by atoms with Gasteiger partial charge in [-0.05, 0) is 48.9 Å². The zero-order chi connectivity index (χ0) is 15.8. The maximum absolute atomic E-state index is 11.9. The highest BCUT2D eigenvalue weighted by molar-refractivity contribution is 6.30. The Kier molecular flexibility index (Phi) is 6.37. The van der Waals surface area contributed by atoms with Crippen LogP contribution in [0.4, 0.5) is 0 Å². The van der Waals surface area contributed by atoms with Gasteiger partial charge in [-0.25, -0.2) is 0 Å². The molecule has 1 heterocycles. The van der Waals surface area contributed by atoms with Gasteiger partial charge in [0, 0.05) is 30.5 Å². The number of amides is 1. The van der Waals surface area contributed by atoms with Crippen molar-refractivity contribution in [3.05, 3.63) is 64.9 Å². The number of hydrogen-bond acceptors (Lipinski definition) is 3. The van der Waals surface area contributed by atoms with Gasteiger partial charge in [0.05, 0.1) is 6.54 Å². The summed E-state index contributed by atoms with van der Waals surface area (Å²) in [6, 6.07) is 11.5. The summed E-state index contributed by atoms with van der Waals surface area (Å²) in [5.74, 6) is 0.0205. The summed E-state index contributed by atoms with van der Waals surface area (Å²) < 4.78 is 0. The first kappa shape index (κ1) is 16.5. The number of benzene rings is 1. The molecule has 116 valence electrons. The lowest BCUT2D eigenvalue weighted by molar-refractivity contribution is -0.122. The molecule has 0 fully saturated rings. The summed E-state index contributed by atoms with van der Waals surface area (Å²) in [7, 11) is 1.95. The van der Waals surface area contributed by atoms with E-state index < -0.39 is 0 Å². The van der Waals surface area contributed by atoms with Crippen LogP contribution in [0.5, 0.6) is 0 Å². The molecule has 0 aliphatic carbocycles. The normalized spacial score (nSPS) is 10.7. The fraction of sp³-hybridized carbons (Fsp3) is 0.294. The van der Waals surface area contributed by atoms with Gasteiger partial charge in [-0.3, -0.25) is 14.7 Å². The number of halogens is 1. The van der Waals surface area contributed by atoms with E-state index in [2.05, 4.69) is 10.3 Å². The van der Waals surface area contributed by atoms with Crippen LogP contribution in [0.3, 0.4) is 0 Å². The van der Waals surface area contributed by atoms with Gasteiger partial charge in [0.2, 0.25) is 5.91 Å². The average molecular weight is 318 g/mol. The average Bonchev–Trinajstić information content (AvgIpc) is 2.53. The molecule has 0 saturated heterocycles. The van der Waals surface area contributed by atoms with Crippen molar-refractivity contribution in [1.82, 2.24) is 15.2 Å². The van der Waals surface area contributed by atoms with Crippen molar-refractivity contribution in [3.63, 3.8) is 0 Å². The molecular formula is C17H20ClN3O. The lowest BCUT2D eigenvalue weighted by Crippen LogP contribution is -2.35. The summed E-state index contributed by atoms with van der Waals surface area (Å²) in [6.45, 7) is 1.74. The van der Waals surface area contributed by atoms with Crippen molar-refractivity contribution >= 4 is 17.5 Å². The molecule has 2 aromatic rings. The third kappa shape index (κ3) is 5.84. The monoisotopic (exact) mass is 317 g/mol. The van der Waals surface area contributed by atoms with Crippen LogP contribution in [-0.4, -0.2) is 35.9 Å². The SMILES string of the molecule is CN(CCc1ccncc1)CC(=O)NCc1ccc(Cl)cc1. The smallest absolute Gasteiger partial charge is 0.234 e. The van der Waals surface area contributed by atoms with Crippen molar-refractivity contribution in [2.75, 3.05) is 20.1 Å². The molecule has 1 aromatic heterocycles. The Balaban J connectivity index is 1.68. The first-order valence-electron chi connectivity index (χ1n) is 7.22. The molecule has 22 heavy (non-hydrogen) atoms. The highest BCUT2D eigenvalue weighted by Gasteiger charge is 2.06.